The van der Waals surface area contributed by atoms with Crippen LogP contribution in [0.2, 0.25) is 0 Å². The Morgan fingerprint density at radius 2 is 1.87 bits per heavy atom. The van der Waals surface area contributed by atoms with Gasteiger partial charge in [0.15, 0.2) is 8.38 Å². The smallest absolute Gasteiger partial charge is 0.407 e. The molecule has 0 radical (unpaired) electrons. The van der Waals surface area contributed by atoms with Crippen LogP contribution in [0.15, 0.2) is 0 Å². The van der Waals surface area contributed by atoms with Crippen molar-refractivity contribution in [3.05, 3.63) is 0 Å². The van der Waals surface area contributed by atoms with E-state index in [-0.39, 0.29) is 5.41 Å². The van der Waals surface area contributed by atoms with E-state index in [9.17, 15) is 4.79 Å². The Bertz CT molecular complexity index is 242. The zero-order valence-electron chi connectivity index (χ0n) is 8.81. The molecule has 2 fully saturated rings. The number of hydrogen-bond donors (Lipinski definition) is 1. The lowest BCUT2D eigenvalue weighted by molar-refractivity contribution is -0.0102. The summed E-state index contributed by atoms with van der Waals surface area (Å²) in [6.45, 7) is 4.60. The molecule has 0 aromatic carbocycles. The van der Waals surface area contributed by atoms with Crippen molar-refractivity contribution in [1.29, 1.82) is 0 Å². The van der Waals surface area contributed by atoms with E-state index in [0.717, 1.165) is 26.1 Å². The number of piperidine rings is 1. The third kappa shape index (κ3) is 2.41. The highest BCUT2D eigenvalue weighted by atomic mass is 31.2. The predicted molar refractivity (Wildman–Crippen MR) is 56.0 cm³/mol. The van der Waals surface area contributed by atoms with Crippen molar-refractivity contribution in [2.45, 2.75) is 12.8 Å². The summed E-state index contributed by atoms with van der Waals surface area (Å²) in [5.74, 6) is 0. The molecule has 2 saturated heterocycles. The van der Waals surface area contributed by atoms with Crippen molar-refractivity contribution >= 4 is 14.5 Å². The molecule has 5 nitrogen and oxygen atoms in total. The summed E-state index contributed by atoms with van der Waals surface area (Å²) in [6.07, 6.45) is 0.880. The van der Waals surface area contributed by atoms with Gasteiger partial charge in [0, 0.05) is 25.2 Å². The number of carbonyl (C=O) groups is 1. The van der Waals surface area contributed by atoms with E-state index in [4.69, 9.17) is 14.2 Å². The molecule has 0 aromatic rings. The molecule has 0 aromatic heterocycles. The lowest BCUT2D eigenvalue weighted by atomic mass is 9.80. The lowest BCUT2D eigenvalue weighted by Gasteiger charge is -2.43. The quantitative estimate of drug-likeness (QED) is 0.647. The minimum Gasteiger partial charge on any atom is -0.465 e. The molecule has 0 saturated carbocycles. The molecule has 1 spiro atoms. The average molecular weight is 233 g/mol. The first kappa shape index (κ1) is 11.1. The predicted octanol–water partition coefficient (Wildman–Crippen LogP) is 1.74. The summed E-state index contributed by atoms with van der Waals surface area (Å²) in [7, 11) is -0.696. The van der Waals surface area contributed by atoms with E-state index in [1.807, 2.05) is 6.66 Å². The summed E-state index contributed by atoms with van der Waals surface area (Å²) in [5.41, 5.74) is 0.0702. The van der Waals surface area contributed by atoms with Crippen molar-refractivity contribution < 1.29 is 18.9 Å². The van der Waals surface area contributed by atoms with E-state index >= 15 is 0 Å². The SMILES string of the molecule is CP1OCC2(CCN(C(=O)O)CC2)CO1. The van der Waals surface area contributed by atoms with Crippen LogP contribution in [0.4, 0.5) is 4.79 Å². The second-order valence-corrected chi connectivity index (χ2v) is 5.65. The summed E-state index contributed by atoms with van der Waals surface area (Å²) in [4.78, 5) is 12.2. The molecule has 0 aliphatic carbocycles. The maximum Gasteiger partial charge on any atom is 0.407 e. The third-order valence-electron chi connectivity index (χ3n) is 3.20. The van der Waals surface area contributed by atoms with Gasteiger partial charge in [-0.3, -0.25) is 0 Å². The van der Waals surface area contributed by atoms with Crippen LogP contribution < -0.4 is 0 Å². The van der Waals surface area contributed by atoms with Crippen molar-refractivity contribution in [3.63, 3.8) is 0 Å². The van der Waals surface area contributed by atoms with E-state index in [1.54, 1.807) is 0 Å². The van der Waals surface area contributed by atoms with E-state index < -0.39 is 14.5 Å². The van der Waals surface area contributed by atoms with Gasteiger partial charge >= 0.3 is 6.09 Å². The van der Waals surface area contributed by atoms with Gasteiger partial charge in [0.05, 0.1) is 13.2 Å². The minimum absolute atomic E-state index is 0.0702. The second kappa shape index (κ2) is 4.24. The number of likely N-dealkylation sites (tertiary alicyclic amines) is 1. The van der Waals surface area contributed by atoms with Crippen LogP contribution >= 0.6 is 8.38 Å². The highest BCUT2D eigenvalue weighted by Gasteiger charge is 2.40. The molecule has 86 valence electrons. The van der Waals surface area contributed by atoms with E-state index in [0.29, 0.717) is 13.1 Å². The summed E-state index contributed by atoms with van der Waals surface area (Å²) >= 11 is 0. The topological polar surface area (TPSA) is 59.0 Å². The first-order valence-electron chi connectivity index (χ1n) is 5.09. The number of carboxylic acid groups (broad SMARTS) is 1. The monoisotopic (exact) mass is 233 g/mol. The van der Waals surface area contributed by atoms with Crippen molar-refractivity contribution in [2.75, 3.05) is 33.0 Å². The maximum atomic E-state index is 10.7. The van der Waals surface area contributed by atoms with E-state index in [2.05, 4.69) is 0 Å². The Labute approximate surface area is 90.3 Å². The second-order valence-electron chi connectivity index (χ2n) is 4.26. The summed E-state index contributed by atoms with van der Waals surface area (Å²) in [6, 6.07) is 0. The molecule has 2 rings (SSSR count). The zero-order valence-corrected chi connectivity index (χ0v) is 9.70. The standard InChI is InChI=1S/C9H16NO4P/c1-15-13-6-9(7-14-15)2-4-10(5-3-9)8(11)12/h2-7H2,1H3,(H,11,12). The molecule has 15 heavy (non-hydrogen) atoms. The molecule has 6 heteroatoms. The van der Waals surface area contributed by atoms with Crippen LogP contribution in [0.25, 0.3) is 0 Å². The number of nitrogens with zero attached hydrogens (tertiary/aromatic N) is 1. The molecule has 2 heterocycles. The van der Waals surface area contributed by atoms with Crippen molar-refractivity contribution in [1.82, 2.24) is 4.90 Å². The molecule has 2 aliphatic rings. The van der Waals surface area contributed by atoms with Gasteiger partial charge < -0.3 is 19.1 Å². The van der Waals surface area contributed by atoms with Gasteiger partial charge in [0.25, 0.3) is 0 Å². The van der Waals surface area contributed by atoms with Gasteiger partial charge in [-0.25, -0.2) is 4.79 Å². The van der Waals surface area contributed by atoms with Crippen LogP contribution in [-0.2, 0) is 9.05 Å². The van der Waals surface area contributed by atoms with Gasteiger partial charge in [-0.05, 0) is 12.8 Å². The molecule has 0 bridgehead atoms. The van der Waals surface area contributed by atoms with Gasteiger partial charge in [-0.15, -0.1) is 0 Å². The molecule has 0 unspecified atom stereocenters. The Hall–Kier alpha value is -0.380. The zero-order chi connectivity index (χ0) is 10.9. The molecule has 0 atom stereocenters. The first-order valence-corrected chi connectivity index (χ1v) is 6.71. The summed E-state index contributed by atoms with van der Waals surface area (Å²) < 4.78 is 11.1. The Morgan fingerprint density at radius 3 is 2.33 bits per heavy atom. The third-order valence-corrected chi connectivity index (χ3v) is 4.19. The average Bonchev–Trinajstić information content (AvgIpc) is 2.24. The fraction of sp³-hybridized carbons (Fsp3) is 0.889. The first-order chi connectivity index (χ1) is 7.11. The minimum atomic E-state index is -0.819. The lowest BCUT2D eigenvalue weighted by Crippen LogP contribution is -2.47. The highest BCUT2D eigenvalue weighted by Crippen LogP contribution is 2.46. The van der Waals surface area contributed by atoms with Crippen LogP contribution in [0, 0.1) is 5.41 Å². The van der Waals surface area contributed by atoms with Gasteiger partial charge in [0.1, 0.15) is 0 Å². The fourth-order valence-electron chi connectivity index (χ4n) is 2.00. The Balaban J connectivity index is 1.89. The Morgan fingerprint density at radius 1 is 1.33 bits per heavy atom. The van der Waals surface area contributed by atoms with Crippen LogP contribution in [0.5, 0.6) is 0 Å². The Kier molecular flexibility index (Phi) is 3.14. The van der Waals surface area contributed by atoms with Crippen LogP contribution in [-0.4, -0.2) is 49.1 Å². The molecule has 1 N–H and O–H groups in total. The molecule has 1 amide bonds. The van der Waals surface area contributed by atoms with Crippen LogP contribution in [0.3, 0.4) is 0 Å². The van der Waals surface area contributed by atoms with Crippen molar-refractivity contribution in [3.8, 4) is 0 Å². The fourth-order valence-corrected chi connectivity index (χ4v) is 2.98. The number of amides is 1. The van der Waals surface area contributed by atoms with Gasteiger partial charge in [0.2, 0.25) is 0 Å². The van der Waals surface area contributed by atoms with Crippen LogP contribution in [0.1, 0.15) is 12.8 Å². The normalized spacial score (nSPS) is 26.9. The van der Waals surface area contributed by atoms with Gasteiger partial charge in [-0.2, -0.15) is 0 Å². The molecular weight excluding hydrogens is 217 g/mol. The molecular formula is C9H16NO4P. The maximum absolute atomic E-state index is 10.7. The van der Waals surface area contributed by atoms with E-state index in [1.165, 1.54) is 4.90 Å². The number of hydrogen-bond acceptors (Lipinski definition) is 3. The van der Waals surface area contributed by atoms with Gasteiger partial charge in [-0.1, -0.05) is 0 Å². The number of rotatable bonds is 0. The summed E-state index contributed by atoms with van der Waals surface area (Å²) in [5, 5.41) is 8.83. The van der Waals surface area contributed by atoms with Crippen molar-refractivity contribution in [2.24, 2.45) is 5.41 Å². The largest absolute Gasteiger partial charge is 0.465 e. The highest BCUT2D eigenvalue weighted by molar-refractivity contribution is 7.46. The molecule has 2 aliphatic heterocycles.